The van der Waals surface area contributed by atoms with Crippen LogP contribution in [0.4, 0.5) is 0 Å². The molecule has 1 spiro atoms. The molecule has 0 aromatic heterocycles. The number of nitrogens with zero attached hydrogens (tertiary/aromatic N) is 1. The molecule has 106 valence electrons. The fourth-order valence-corrected chi connectivity index (χ4v) is 3.13. The van der Waals surface area contributed by atoms with E-state index in [1.165, 1.54) is 6.42 Å². The van der Waals surface area contributed by atoms with Gasteiger partial charge in [-0.3, -0.25) is 9.59 Å². The first-order chi connectivity index (χ1) is 9.18. The summed E-state index contributed by atoms with van der Waals surface area (Å²) in [5.74, 6) is 0.173. The van der Waals surface area contributed by atoms with E-state index in [1.54, 1.807) is 0 Å². The Hall–Kier alpha value is -1.32. The van der Waals surface area contributed by atoms with Gasteiger partial charge in [0.1, 0.15) is 5.54 Å². The topological polar surface area (TPSA) is 49.4 Å². The fourth-order valence-electron chi connectivity index (χ4n) is 3.13. The number of carbonyl (C=O) groups is 2. The number of allylic oxidation sites excluding steroid dienone is 1. The van der Waals surface area contributed by atoms with Crippen LogP contribution in [0.2, 0.25) is 0 Å². The first kappa shape index (κ1) is 14.1. The van der Waals surface area contributed by atoms with Gasteiger partial charge in [0.05, 0.1) is 0 Å². The summed E-state index contributed by atoms with van der Waals surface area (Å²) in [7, 11) is 0. The molecule has 4 nitrogen and oxygen atoms in total. The van der Waals surface area contributed by atoms with Gasteiger partial charge in [0.2, 0.25) is 11.8 Å². The average Bonchev–Trinajstić information content (AvgIpc) is 2.52. The normalized spacial score (nSPS) is 23.7. The molecule has 2 fully saturated rings. The van der Waals surface area contributed by atoms with Gasteiger partial charge in [-0.2, -0.15) is 0 Å². The van der Waals surface area contributed by atoms with Crippen molar-refractivity contribution in [3.8, 4) is 0 Å². The molecule has 0 aromatic carbocycles. The zero-order valence-electron chi connectivity index (χ0n) is 11.8. The first-order valence-electron chi connectivity index (χ1n) is 7.39. The molecule has 0 atom stereocenters. The summed E-state index contributed by atoms with van der Waals surface area (Å²) in [5.41, 5.74) is -0.595. The molecule has 2 aliphatic rings. The first-order valence-corrected chi connectivity index (χ1v) is 7.39. The van der Waals surface area contributed by atoms with Gasteiger partial charge >= 0.3 is 0 Å². The lowest BCUT2D eigenvalue weighted by molar-refractivity contribution is -0.140. The summed E-state index contributed by atoms with van der Waals surface area (Å²) >= 11 is 0. The molecule has 0 aromatic rings. The molecule has 2 amide bonds. The van der Waals surface area contributed by atoms with Crippen LogP contribution >= 0.6 is 0 Å². The second-order valence-electron chi connectivity index (χ2n) is 5.59. The van der Waals surface area contributed by atoms with Crippen molar-refractivity contribution in [1.29, 1.82) is 0 Å². The highest BCUT2D eigenvalue weighted by Gasteiger charge is 2.44. The summed E-state index contributed by atoms with van der Waals surface area (Å²) in [6.45, 7) is 3.27. The number of hydrogen-bond acceptors (Lipinski definition) is 2. The molecular formula is C15H24N2O2. The zero-order chi connectivity index (χ0) is 13.7. The number of carbonyl (C=O) groups excluding carboxylic acids is 2. The summed E-state index contributed by atoms with van der Waals surface area (Å²) in [5, 5.41) is 3.02. The summed E-state index contributed by atoms with van der Waals surface area (Å²) in [6, 6.07) is 0. The Kier molecular flexibility index (Phi) is 4.61. The van der Waals surface area contributed by atoms with Crippen molar-refractivity contribution in [1.82, 2.24) is 10.2 Å². The average molecular weight is 264 g/mol. The molecule has 2 rings (SSSR count). The lowest BCUT2D eigenvalue weighted by atomic mass is 9.80. The van der Waals surface area contributed by atoms with E-state index >= 15 is 0 Å². The van der Waals surface area contributed by atoms with Crippen LogP contribution in [0, 0.1) is 0 Å². The van der Waals surface area contributed by atoms with E-state index < -0.39 is 5.54 Å². The third-order valence-electron chi connectivity index (χ3n) is 4.19. The van der Waals surface area contributed by atoms with E-state index in [0.717, 1.165) is 38.6 Å². The van der Waals surface area contributed by atoms with Crippen LogP contribution in [0.3, 0.4) is 0 Å². The predicted octanol–water partition coefficient (Wildman–Crippen LogP) is 2.00. The number of rotatable bonds is 3. The molecule has 1 aliphatic heterocycles. The minimum absolute atomic E-state index is 0.0313. The van der Waals surface area contributed by atoms with Crippen molar-refractivity contribution >= 4 is 11.8 Å². The number of hydrogen-bond donors (Lipinski definition) is 1. The van der Waals surface area contributed by atoms with Gasteiger partial charge in [0, 0.05) is 19.5 Å². The van der Waals surface area contributed by atoms with E-state index in [0.29, 0.717) is 13.0 Å². The highest BCUT2D eigenvalue weighted by atomic mass is 16.2. The Balaban J connectivity index is 2.12. The number of amides is 2. The fraction of sp³-hybridized carbons (Fsp3) is 0.733. The molecule has 4 heteroatoms. The summed E-state index contributed by atoms with van der Waals surface area (Å²) in [4.78, 5) is 26.5. The lowest BCUT2D eigenvalue weighted by Crippen LogP contribution is -2.58. The van der Waals surface area contributed by atoms with E-state index in [2.05, 4.69) is 11.4 Å². The molecule has 0 radical (unpaired) electrons. The summed E-state index contributed by atoms with van der Waals surface area (Å²) in [6.07, 6.45) is 10.2. The Morgan fingerprint density at radius 3 is 2.68 bits per heavy atom. The van der Waals surface area contributed by atoms with Crippen LogP contribution in [0.5, 0.6) is 0 Å². The number of nitrogens with one attached hydrogen (secondary N) is 1. The van der Waals surface area contributed by atoms with Crippen molar-refractivity contribution in [3.05, 3.63) is 12.2 Å². The van der Waals surface area contributed by atoms with Gasteiger partial charge in [0.25, 0.3) is 0 Å². The monoisotopic (exact) mass is 264 g/mol. The van der Waals surface area contributed by atoms with Crippen LogP contribution in [0.25, 0.3) is 0 Å². The smallest absolute Gasteiger partial charge is 0.248 e. The van der Waals surface area contributed by atoms with E-state index in [4.69, 9.17) is 0 Å². The summed E-state index contributed by atoms with van der Waals surface area (Å²) < 4.78 is 0. The maximum absolute atomic E-state index is 12.7. The van der Waals surface area contributed by atoms with Crippen molar-refractivity contribution in [2.75, 3.05) is 13.1 Å². The molecule has 0 bridgehead atoms. The van der Waals surface area contributed by atoms with Gasteiger partial charge in [0.15, 0.2) is 0 Å². The third kappa shape index (κ3) is 3.17. The minimum Gasteiger partial charge on any atom is -0.342 e. The zero-order valence-corrected chi connectivity index (χ0v) is 11.8. The Morgan fingerprint density at radius 2 is 2.00 bits per heavy atom. The second kappa shape index (κ2) is 6.22. The predicted molar refractivity (Wildman–Crippen MR) is 74.6 cm³/mol. The Bertz CT molecular complexity index is 370. The maximum Gasteiger partial charge on any atom is 0.248 e. The van der Waals surface area contributed by atoms with Gasteiger partial charge in [-0.25, -0.2) is 0 Å². The van der Waals surface area contributed by atoms with E-state index in [1.807, 2.05) is 17.9 Å². The van der Waals surface area contributed by atoms with Crippen LogP contribution in [0.15, 0.2) is 12.2 Å². The van der Waals surface area contributed by atoms with Crippen LogP contribution in [-0.4, -0.2) is 35.3 Å². The van der Waals surface area contributed by atoms with Gasteiger partial charge in [-0.05, 0) is 26.2 Å². The van der Waals surface area contributed by atoms with Crippen LogP contribution < -0.4 is 5.32 Å². The van der Waals surface area contributed by atoms with Gasteiger partial charge in [-0.15, -0.1) is 0 Å². The SMILES string of the molecule is C/C=C/CCN1CCC(=O)NC2(CCCCC2)C1=O. The van der Waals surface area contributed by atoms with Crippen molar-refractivity contribution in [3.63, 3.8) is 0 Å². The highest BCUT2D eigenvalue weighted by molar-refractivity contribution is 5.93. The van der Waals surface area contributed by atoms with E-state index in [-0.39, 0.29) is 11.8 Å². The van der Waals surface area contributed by atoms with E-state index in [9.17, 15) is 9.59 Å². The largest absolute Gasteiger partial charge is 0.342 e. The van der Waals surface area contributed by atoms with Gasteiger partial charge in [-0.1, -0.05) is 31.4 Å². The standard InChI is InChI=1S/C15H24N2O2/c1-2-3-7-11-17-12-8-13(18)16-15(14(17)19)9-5-4-6-10-15/h2-3H,4-12H2,1H3,(H,16,18)/b3-2+. The molecular weight excluding hydrogens is 240 g/mol. The molecule has 1 heterocycles. The second-order valence-corrected chi connectivity index (χ2v) is 5.59. The molecule has 1 saturated heterocycles. The third-order valence-corrected chi connectivity index (χ3v) is 4.19. The minimum atomic E-state index is -0.595. The van der Waals surface area contributed by atoms with Crippen LogP contribution in [-0.2, 0) is 9.59 Å². The van der Waals surface area contributed by atoms with Crippen LogP contribution in [0.1, 0.15) is 51.9 Å². The maximum atomic E-state index is 12.7. The Morgan fingerprint density at radius 1 is 1.26 bits per heavy atom. The molecule has 19 heavy (non-hydrogen) atoms. The molecule has 1 saturated carbocycles. The molecule has 1 aliphatic carbocycles. The Labute approximate surface area is 115 Å². The van der Waals surface area contributed by atoms with Gasteiger partial charge < -0.3 is 10.2 Å². The van der Waals surface area contributed by atoms with Crippen molar-refractivity contribution in [2.24, 2.45) is 0 Å². The lowest BCUT2D eigenvalue weighted by Gasteiger charge is -2.38. The molecule has 0 unspecified atom stereocenters. The highest BCUT2D eigenvalue weighted by Crippen LogP contribution is 2.31. The quantitative estimate of drug-likeness (QED) is 0.793. The molecule has 1 N–H and O–H groups in total. The van der Waals surface area contributed by atoms with Crippen molar-refractivity contribution in [2.45, 2.75) is 57.4 Å². The van der Waals surface area contributed by atoms with Crippen molar-refractivity contribution < 1.29 is 9.59 Å².